The molecule has 7 heteroatoms. The number of benzene rings is 2. The number of thiazole rings is 1. The number of fused-ring (bicyclic) bond motifs is 1. The minimum atomic E-state index is -0.201. The largest absolute Gasteiger partial charge is 0.497 e. The number of amides is 1. The van der Waals surface area contributed by atoms with E-state index in [9.17, 15) is 4.79 Å². The van der Waals surface area contributed by atoms with Crippen molar-refractivity contribution in [2.24, 2.45) is 0 Å². The van der Waals surface area contributed by atoms with Gasteiger partial charge in [-0.05, 0) is 48.0 Å². The van der Waals surface area contributed by atoms with E-state index in [1.165, 1.54) is 11.3 Å². The van der Waals surface area contributed by atoms with E-state index in [2.05, 4.69) is 15.3 Å². The molecule has 0 aliphatic heterocycles. The molecule has 0 atom stereocenters. The molecule has 0 fully saturated rings. The maximum Gasteiger partial charge on any atom is 0.272 e. The first-order valence-corrected chi connectivity index (χ1v) is 9.18. The van der Waals surface area contributed by atoms with Gasteiger partial charge in [0.2, 0.25) is 0 Å². The van der Waals surface area contributed by atoms with Gasteiger partial charge in [-0.1, -0.05) is 12.1 Å². The molecule has 2 heterocycles. The summed E-state index contributed by atoms with van der Waals surface area (Å²) in [6.45, 7) is 0.401. The number of carbonyl (C=O) groups is 1. The maximum atomic E-state index is 12.4. The Labute approximate surface area is 159 Å². The van der Waals surface area contributed by atoms with Crippen LogP contribution in [0.3, 0.4) is 0 Å². The summed E-state index contributed by atoms with van der Waals surface area (Å²) in [5.41, 5.74) is 4.63. The number of nitrogens with zero attached hydrogens (tertiary/aromatic N) is 1. The van der Waals surface area contributed by atoms with E-state index in [4.69, 9.17) is 9.47 Å². The van der Waals surface area contributed by atoms with Crippen LogP contribution in [0.15, 0.2) is 60.1 Å². The van der Waals surface area contributed by atoms with Crippen LogP contribution >= 0.6 is 11.3 Å². The van der Waals surface area contributed by atoms with Gasteiger partial charge in [0.1, 0.15) is 29.4 Å². The first kappa shape index (κ1) is 17.1. The third kappa shape index (κ3) is 3.93. The highest BCUT2D eigenvalue weighted by molar-refractivity contribution is 7.16. The molecule has 0 spiro atoms. The third-order valence-electron chi connectivity index (χ3n) is 4.02. The second kappa shape index (κ2) is 7.51. The molecule has 0 radical (unpaired) electrons. The summed E-state index contributed by atoms with van der Waals surface area (Å²) in [6.07, 6.45) is 0. The van der Waals surface area contributed by atoms with Gasteiger partial charge < -0.3 is 19.8 Å². The van der Waals surface area contributed by atoms with Crippen molar-refractivity contribution in [1.82, 2.24) is 9.97 Å². The van der Waals surface area contributed by atoms with Gasteiger partial charge in [-0.3, -0.25) is 4.79 Å². The Morgan fingerprint density at radius 2 is 1.96 bits per heavy atom. The van der Waals surface area contributed by atoms with Crippen LogP contribution in [0.4, 0.5) is 5.69 Å². The van der Waals surface area contributed by atoms with Gasteiger partial charge in [0, 0.05) is 5.69 Å². The van der Waals surface area contributed by atoms with Gasteiger partial charge in [-0.25, -0.2) is 4.98 Å². The molecule has 0 unspecified atom stereocenters. The number of hydrogen-bond acceptors (Lipinski definition) is 5. The Bertz CT molecular complexity index is 1040. The number of ether oxygens (including phenoxy) is 2. The Balaban J connectivity index is 1.40. The Morgan fingerprint density at radius 1 is 1.15 bits per heavy atom. The predicted octanol–water partition coefficient (Wildman–Crippen LogP) is 4.46. The Hall–Kier alpha value is -3.32. The number of aromatic nitrogens is 2. The summed E-state index contributed by atoms with van der Waals surface area (Å²) in [5, 5.41) is 2.90. The fourth-order valence-electron chi connectivity index (χ4n) is 2.64. The lowest BCUT2D eigenvalue weighted by Gasteiger charge is -2.09. The molecule has 0 bridgehead atoms. The van der Waals surface area contributed by atoms with Crippen LogP contribution in [0.5, 0.6) is 11.5 Å². The summed E-state index contributed by atoms with van der Waals surface area (Å²) in [4.78, 5) is 19.6. The molecule has 0 aliphatic rings. The van der Waals surface area contributed by atoms with E-state index in [1.54, 1.807) is 18.7 Å². The molecular weight excluding hydrogens is 362 g/mol. The third-order valence-corrected chi connectivity index (χ3v) is 4.79. The Morgan fingerprint density at radius 3 is 2.74 bits per heavy atom. The van der Waals surface area contributed by atoms with E-state index in [1.807, 2.05) is 48.5 Å². The van der Waals surface area contributed by atoms with Crippen molar-refractivity contribution in [3.05, 3.63) is 71.4 Å². The van der Waals surface area contributed by atoms with Gasteiger partial charge in [0.05, 0.1) is 17.3 Å². The number of rotatable bonds is 6. The van der Waals surface area contributed by atoms with Crippen LogP contribution < -0.4 is 14.8 Å². The van der Waals surface area contributed by atoms with Crippen molar-refractivity contribution in [2.75, 3.05) is 12.4 Å². The number of methoxy groups -OCH3 is 1. The monoisotopic (exact) mass is 379 g/mol. The Kier molecular flexibility index (Phi) is 4.76. The van der Waals surface area contributed by atoms with Gasteiger partial charge in [-0.2, -0.15) is 0 Å². The first-order chi connectivity index (χ1) is 13.2. The normalized spacial score (nSPS) is 10.7. The van der Waals surface area contributed by atoms with Gasteiger partial charge in [0.25, 0.3) is 5.91 Å². The molecule has 1 amide bonds. The van der Waals surface area contributed by atoms with Gasteiger partial charge in [0.15, 0.2) is 0 Å². The molecule has 27 heavy (non-hydrogen) atoms. The zero-order valence-corrected chi connectivity index (χ0v) is 15.4. The average Bonchev–Trinajstić information content (AvgIpc) is 3.29. The molecule has 0 saturated heterocycles. The molecule has 4 aromatic rings. The SMILES string of the molecule is COc1ccc(OCc2cccc(NC(=O)c3cc4scnc4[nH]3)c2)cc1. The number of aromatic amines is 1. The molecule has 2 aromatic heterocycles. The van der Waals surface area contributed by atoms with Crippen molar-refractivity contribution in [1.29, 1.82) is 0 Å². The number of H-pyrrole nitrogens is 1. The molecule has 2 N–H and O–H groups in total. The van der Waals surface area contributed by atoms with Crippen LogP contribution in [-0.2, 0) is 6.61 Å². The summed E-state index contributed by atoms with van der Waals surface area (Å²) in [5.74, 6) is 1.34. The highest BCUT2D eigenvalue weighted by Crippen LogP contribution is 2.21. The first-order valence-electron chi connectivity index (χ1n) is 8.30. The van der Waals surface area contributed by atoms with Crippen molar-refractivity contribution >= 4 is 33.3 Å². The highest BCUT2D eigenvalue weighted by Gasteiger charge is 2.11. The summed E-state index contributed by atoms with van der Waals surface area (Å²) in [6, 6.07) is 16.8. The summed E-state index contributed by atoms with van der Waals surface area (Å²) < 4.78 is 11.9. The van der Waals surface area contributed by atoms with Crippen molar-refractivity contribution in [3.8, 4) is 11.5 Å². The van der Waals surface area contributed by atoms with E-state index < -0.39 is 0 Å². The van der Waals surface area contributed by atoms with Gasteiger partial charge >= 0.3 is 0 Å². The number of anilines is 1. The number of carbonyl (C=O) groups excluding carboxylic acids is 1. The molecule has 2 aromatic carbocycles. The second-order valence-electron chi connectivity index (χ2n) is 5.87. The molecule has 136 valence electrons. The minimum absolute atomic E-state index is 0.201. The average molecular weight is 379 g/mol. The summed E-state index contributed by atoms with van der Waals surface area (Å²) >= 11 is 1.49. The van der Waals surface area contributed by atoms with Crippen molar-refractivity contribution < 1.29 is 14.3 Å². The van der Waals surface area contributed by atoms with Crippen LogP contribution in [-0.4, -0.2) is 23.0 Å². The zero-order valence-electron chi connectivity index (χ0n) is 14.6. The molecule has 4 rings (SSSR count). The van der Waals surface area contributed by atoms with Crippen LogP contribution in [0.1, 0.15) is 16.1 Å². The van der Waals surface area contributed by atoms with Gasteiger partial charge in [-0.15, -0.1) is 11.3 Å². The fourth-order valence-corrected chi connectivity index (χ4v) is 3.32. The lowest BCUT2D eigenvalue weighted by Crippen LogP contribution is -2.12. The minimum Gasteiger partial charge on any atom is -0.497 e. The summed E-state index contributed by atoms with van der Waals surface area (Å²) in [7, 11) is 1.63. The fraction of sp³-hybridized carbons (Fsp3) is 0.100. The van der Waals surface area contributed by atoms with E-state index in [0.717, 1.165) is 27.4 Å². The van der Waals surface area contributed by atoms with Crippen molar-refractivity contribution in [2.45, 2.75) is 6.61 Å². The molecule has 6 nitrogen and oxygen atoms in total. The maximum absolute atomic E-state index is 12.4. The zero-order chi connectivity index (χ0) is 18.6. The number of nitrogens with one attached hydrogen (secondary N) is 2. The molecule has 0 saturated carbocycles. The molecular formula is C20H17N3O3S. The van der Waals surface area contributed by atoms with Crippen molar-refractivity contribution in [3.63, 3.8) is 0 Å². The van der Waals surface area contributed by atoms with Crippen LogP contribution in [0, 0.1) is 0 Å². The lowest BCUT2D eigenvalue weighted by atomic mass is 10.2. The van der Waals surface area contributed by atoms with E-state index in [-0.39, 0.29) is 5.91 Å². The highest BCUT2D eigenvalue weighted by atomic mass is 32.1. The van der Waals surface area contributed by atoms with E-state index in [0.29, 0.717) is 18.0 Å². The standard InChI is InChI=1S/C20H17N3O3S/c1-25-15-5-7-16(8-6-15)26-11-13-3-2-4-14(9-13)22-20(24)17-10-18-19(23-17)21-12-27-18/h2-10,12,23H,11H2,1H3,(H,22,24). The predicted molar refractivity (Wildman–Crippen MR) is 106 cm³/mol. The van der Waals surface area contributed by atoms with E-state index >= 15 is 0 Å². The molecule has 0 aliphatic carbocycles. The second-order valence-corrected chi connectivity index (χ2v) is 6.75. The quantitative estimate of drug-likeness (QED) is 0.518. The smallest absolute Gasteiger partial charge is 0.272 e. The van der Waals surface area contributed by atoms with Crippen LogP contribution in [0.2, 0.25) is 0 Å². The lowest BCUT2D eigenvalue weighted by molar-refractivity contribution is 0.102. The van der Waals surface area contributed by atoms with Crippen LogP contribution in [0.25, 0.3) is 10.3 Å². The number of hydrogen-bond donors (Lipinski definition) is 2. The topological polar surface area (TPSA) is 76.2 Å².